The van der Waals surface area contributed by atoms with Gasteiger partial charge in [0.1, 0.15) is 6.04 Å². The van der Waals surface area contributed by atoms with Gasteiger partial charge in [-0.05, 0) is 35.4 Å². The summed E-state index contributed by atoms with van der Waals surface area (Å²) in [5, 5.41) is 10.2. The number of hydrogen-bond acceptors (Lipinski definition) is 5. The van der Waals surface area contributed by atoms with Crippen molar-refractivity contribution in [1.82, 2.24) is 9.37 Å². The van der Waals surface area contributed by atoms with E-state index in [1.54, 1.807) is 24.3 Å². The second-order valence-electron chi connectivity index (χ2n) is 8.21. The number of nitrogens with zero attached hydrogens (tertiary/aromatic N) is 3. The van der Waals surface area contributed by atoms with E-state index >= 15 is 0 Å². The molecule has 0 radical (unpaired) electrons. The lowest BCUT2D eigenvalue weighted by molar-refractivity contribution is -0.153. The van der Waals surface area contributed by atoms with Crippen LogP contribution in [0.4, 0.5) is 5.69 Å². The van der Waals surface area contributed by atoms with E-state index in [2.05, 4.69) is 53.1 Å². The molecule has 0 aliphatic carbocycles. The number of piperazine rings is 1. The van der Waals surface area contributed by atoms with Gasteiger partial charge in [0, 0.05) is 37.4 Å². The first-order valence-corrected chi connectivity index (χ1v) is 12.9. The van der Waals surface area contributed by atoms with Crippen molar-refractivity contribution >= 4 is 22.1 Å². The van der Waals surface area contributed by atoms with Crippen LogP contribution in [0.2, 0.25) is 0 Å². The number of carbonyl (C=O) groups excluding carboxylic acids is 1. The molecule has 0 saturated carbocycles. The summed E-state index contributed by atoms with van der Waals surface area (Å²) in [6.07, 6.45) is 0.177. The molecule has 180 valence electrons. The van der Waals surface area contributed by atoms with E-state index in [0.29, 0.717) is 36.8 Å². The lowest BCUT2D eigenvalue weighted by Crippen LogP contribution is -2.51. The van der Waals surface area contributed by atoms with Crippen LogP contribution in [0.25, 0.3) is 11.1 Å². The summed E-state index contributed by atoms with van der Waals surface area (Å²) in [6.45, 7) is 1.71. The minimum absolute atomic E-state index is 0.177. The van der Waals surface area contributed by atoms with Gasteiger partial charge >= 0.3 is 0 Å². The van der Waals surface area contributed by atoms with Gasteiger partial charge in [0.15, 0.2) is 0 Å². The minimum atomic E-state index is -3.75. The van der Waals surface area contributed by atoms with E-state index < -0.39 is 21.8 Å². The second kappa shape index (κ2) is 11.2. The number of benzene rings is 3. The first-order chi connectivity index (χ1) is 17.0. The lowest BCUT2D eigenvalue weighted by atomic mass is 10.1. The van der Waals surface area contributed by atoms with Crippen LogP contribution in [0.15, 0.2) is 84.9 Å². The van der Waals surface area contributed by atoms with E-state index in [1.165, 1.54) is 4.31 Å². The third kappa shape index (κ3) is 6.28. The van der Waals surface area contributed by atoms with Crippen molar-refractivity contribution in [2.75, 3.05) is 36.8 Å². The Labute approximate surface area is 206 Å². The van der Waals surface area contributed by atoms with Crippen molar-refractivity contribution < 1.29 is 18.4 Å². The van der Waals surface area contributed by atoms with E-state index in [1.807, 2.05) is 24.3 Å². The molecule has 3 aromatic rings. The number of rotatable bonds is 7. The fourth-order valence-corrected chi connectivity index (χ4v) is 5.54. The van der Waals surface area contributed by atoms with Gasteiger partial charge in [0.25, 0.3) is 0 Å². The van der Waals surface area contributed by atoms with E-state index in [-0.39, 0.29) is 6.41 Å². The molecule has 1 heterocycles. The molecular weight excluding hydrogens is 462 g/mol. The van der Waals surface area contributed by atoms with Gasteiger partial charge in [-0.3, -0.25) is 10.0 Å². The summed E-state index contributed by atoms with van der Waals surface area (Å²) < 4.78 is 27.5. The van der Waals surface area contributed by atoms with Crippen LogP contribution in [0, 0.1) is 11.8 Å². The maximum atomic E-state index is 13.1. The standard InChI is InChI=1S/C27H27N3O4S/c31-22-30(32)27(14-11-23-7-3-1-4-8-23)21-35(33,34)29-19-17-28(18-20-29)26-15-12-25(13-16-26)24-9-5-2-6-10-24/h1-10,12-13,15-16,22,27,32H,17-21H2. The average Bonchev–Trinajstić information content (AvgIpc) is 2.92. The van der Waals surface area contributed by atoms with Gasteiger partial charge in [-0.25, -0.2) is 13.5 Å². The maximum absolute atomic E-state index is 13.1. The largest absolute Gasteiger partial charge is 0.369 e. The summed E-state index contributed by atoms with van der Waals surface area (Å²) in [4.78, 5) is 13.3. The molecule has 3 aromatic carbocycles. The Kier molecular flexibility index (Phi) is 7.83. The average molecular weight is 490 g/mol. The van der Waals surface area contributed by atoms with Gasteiger partial charge in [-0.2, -0.15) is 4.31 Å². The molecular formula is C27H27N3O4S. The summed E-state index contributed by atoms with van der Waals surface area (Å²) in [7, 11) is -3.75. The van der Waals surface area contributed by atoms with Crippen LogP contribution in [0.5, 0.6) is 0 Å². The molecule has 0 spiro atoms. The fraction of sp³-hybridized carbons (Fsp3) is 0.222. The van der Waals surface area contributed by atoms with Crippen molar-refractivity contribution in [3.05, 3.63) is 90.5 Å². The smallest absolute Gasteiger partial charge is 0.234 e. The van der Waals surface area contributed by atoms with Crippen molar-refractivity contribution in [2.45, 2.75) is 6.04 Å². The van der Waals surface area contributed by atoms with Gasteiger partial charge in [0.05, 0.1) is 5.75 Å². The maximum Gasteiger partial charge on any atom is 0.234 e. The Morgan fingerprint density at radius 1 is 0.857 bits per heavy atom. The van der Waals surface area contributed by atoms with Gasteiger partial charge < -0.3 is 4.90 Å². The normalized spacial score (nSPS) is 15.1. The molecule has 1 fully saturated rings. The van der Waals surface area contributed by atoms with Crippen LogP contribution < -0.4 is 4.90 Å². The SMILES string of the molecule is O=CN(O)C(C#Cc1ccccc1)CS(=O)(=O)N1CCN(c2ccc(-c3ccccc3)cc2)CC1. The monoisotopic (exact) mass is 489 g/mol. The van der Waals surface area contributed by atoms with Crippen LogP contribution >= 0.6 is 0 Å². The molecule has 1 N–H and O–H groups in total. The van der Waals surface area contributed by atoms with Crippen molar-refractivity contribution in [3.8, 4) is 23.0 Å². The summed E-state index contributed by atoms with van der Waals surface area (Å²) >= 11 is 0. The fourth-order valence-electron chi connectivity index (χ4n) is 3.97. The molecule has 8 heteroatoms. The lowest BCUT2D eigenvalue weighted by Gasteiger charge is -2.36. The third-order valence-corrected chi connectivity index (χ3v) is 7.81. The highest BCUT2D eigenvalue weighted by Gasteiger charge is 2.31. The van der Waals surface area contributed by atoms with Crippen LogP contribution in [0.1, 0.15) is 5.56 Å². The molecule has 1 unspecified atom stereocenters. The predicted molar refractivity (Wildman–Crippen MR) is 136 cm³/mol. The zero-order chi connectivity index (χ0) is 24.7. The highest BCUT2D eigenvalue weighted by molar-refractivity contribution is 7.89. The molecule has 0 aromatic heterocycles. The first-order valence-electron chi connectivity index (χ1n) is 11.3. The number of anilines is 1. The van der Waals surface area contributed by atoms with Crippen molar-refractivity contribution in [3.63, 3.8) is 0 Å². The van der Waals surface area contributed by atoms with E-state index in [4.69, 9.17) is 0 Å². The number of hydrogen-bond donors (Lipinski definition) is 1. The Hall–Kier alpha value is -3.64. The number of sulfonamides is 1. The minimum Gasteiger partial charge on any atom is -0.369 e. The Balaban J connectivity index is 1.39. The summed E-state index contributed by atoms with van der Waals surface area (Å²) in [5.74, 6) is 5.06. The van der Waals surface area contributed by atoms with Gasteiger partial charge in [-0.1, -0.05) is 72.5 Å². The van der Waals surface area contributed by atoms with E-state index in [0.717, 1.165) is 16.8 Å². The van der Waals surface area contributed by atoms with Crippen LogP contribution in [0.3, 0.4) is 0 Å². The Bertz CT molecular complexity index is 1280. The highest BCUT2D eigenvalue weighted by atomic mass is 32.2. The third-order valence-electron chi connectivity index (χ3n) is 5.92. The highest BCUT2D eigenvalue weighted by Crippen LogP contribution is 2.24. The zero-order valence-electron chi connectivity index (χ0n) is 19.2. The van der Waals surface area contributed by atoms with Crippen molar-refractivity contribution in [2.24, 2.45) is 0 Å². The topological polar surface area (TPSA) is 81.2 Å². The molecule has 1 aliphatic rings. The Morgan fingerprint density at radius 2 is 1.43 bits per heavy atom. The quantitative estimate of drug-likeness (QED) is 0.239. The zero-order valence-corrected chi connectivity index (χ0v) is 20.0. The molecule has 1 amide bonds. The molecule has 4 rings (SSSR count). The van der Waals surface area contributed by atoms with Crippen LogP contribution in [-0.4, -0.2) is 67.4 Å². The van der Waals surface area contributed by atoms with Gasteiger partial charge in [0.2, 0.25) is 16.4 Å². The number of carbonyl (C=O) groups is 1. The molecule has 0 bridgehead atoms. The summed E-state index contributed by atoms with van der Waals surface area (Å²) in [5.41, 5.74) is 3.98. The van der Waals surface area contributed by atoms with Gasteiger partial charge in [-0.15, -0.1) is 0 Å². The van der Waals surface area contributed by atoms with Crippen molar-refractivity contribution in [1.29, 1.82) is 0 Å². The second-order valence-corrected chi connectivity index (χ2v) is 10.2. The van der Waals surface area contributed by atoms with E-state index in [9.17, 15) is 18.4 Å². The molecule has 1 atom stereocenters. The molecule has 1 aliphatic heterocycles. The number of hydroxylamine groups is 2. The Morgan fingerprint density at radius 3 is 2.03 bits per heavy atom. The number of amides is 1. The summed E-state index contributed by atoms with van der Waals surface area (Å²) in [6, 6.07) is 26.2. The molecule has 35 heavy (non-hydrogen) atoms. The first kappa shape index (κ1) is 24.5. The molecule has 1 saturated heterocycles. The predicted octanol–water partition coefficient (Wildman–Crippen LogP) is 3.07. The van der Waals surface area contributed by atoms with Crippen LogP contribution in [-0.2, 0) is 14.8 Å². The molecule has 7 nitrogen and oxygen atoms in total.